The molecule has 1 N–H and O–H groups in total. The molecule has 0 bridgehead atoms. The van der Waals surface area contributed by atoms with Crippen LogP contribution in [0.4, 0.5) is 0 Å². The molecule has 0 aliphatic heterocycles. The molecule has 3 rings (SSSR count). The number of carbonyl (C=O) groups is 1. The van der Waals surface area contributed by atoms with Crippen molar-refractivity contribution in [3.8, 4) is 0 Å². The predicted octanol–water partition coefficient (Wildman–Crippen LogP) is 6.21. The van der Waals surface area contributed by atoms with Crippen LogP contribution in [0.1, 0.15) is 29.9 Å². The van der Waals surface area contributed by atoms with Gasteiger partial charge in [0.05, 0.1) is 15.6 Å². The number of allylic oxidation sites excluding steroid dienone is 1. The number of aliphatic hydroxyl groups excluding tert-OH is 1. The van der Waals surface area contributed by atoms with E-state index in [0.29, 0.717) is 39.3 Å². The second-order valence-corrected chi connectivity index (χ2v) is 8.11. The summed E-state index contributed by atoms with van der Waals surface area (Å²) in [6, 6.07) is 15.2. The summed E-state index contributed by atoms with van der Waals surface area (Å²) in [5.74, 6) is 0.619. The van der Waals surface area contributed by atoms with Crippen LogP contribution in [0.15, 0.2) is 64.9 Å². The maximum absolute atomic E-state index is 12.7. The Hall–Kier alpha value is -1.75. The molecule has 2 aromatic carbocycles. The van der Waals surface area contributed by atoms with Crippen molar-refractivity contribution in [2.24, 2.45) is 4.99 Å². The van der Waals surface area contributed by atoms with E-state index < -0.39 is 0 Å². The lowest BCUT2D eigenvalue weighted by atomic mass is 9.83. The van der Waals surface area contributed by atoms with Crippen LogP contribution in [0.25, 0.3) is 0 Å². The molecule has 3 nitrogen and oxygen atoms in total. The van der Waals surface area contributed by atoms with E-state index in [2.05, 4.69) is 4.99 Å². The van der Waals surface area contributed by atoms with E-state index in [1.807, 2.05) is 36.4 Å². The number of Topliss-reactive ketones (excluding diaryl/α,β-unsaturated/α-hetero) is 1. The number of hydrogen-bond acceptors (Lipinski definition) is 4. The topological polar surface area (TPSA) is 49.7 Å². The van der Waals surface area contributed by atoms with E-state index in [4.69, 9.17) is 23.2 Å². The monoisotopic (exact) mass is 419 g/mol. The number of benzene rings is 2. The summed E-state index contributed by atoms with van der Waals surface area (Å²) in [4.78, 5) is 17.0. The van der Waals surface area contributed by atoms with Gasteiger partial charge in [0.15, 0.2) is 5.78 Å². The van der Waals surface area contributed by atoms with Crippen molar-refractivity contribution in [1.82, 2.24) is 0 Å². The third-order valence-electron chi connectivity index (χ3n) is 4.49. The normalized spacial score (nSPS) is 18.1. The van der Waals surface area contributed by atoms with Gasteiger partial charge in [-0.05, 0) is 29.2 Å². The van der Waals surface area contributed by atoms with Crippen molar-refractivity contribution in [3.63, 3.8) is 0 Å². The van der Waals surface area contributed by atoms with Crippen LogP contribution in [0.5, 0.6) is 0 Å². The first kappa shape index (κ1) is 20.0. The lowest BCUT2D eigenvalue weighted by Gasteiger charge is -2.24. The first-order valence-electron chi connectivity index (χ1n) is 8.53. The van der Waals surface area contributed by atoms with E-state index in [-0.39, 0.29) is 17.5 Å². The van der Waals surface area contributed by atoms with Gasteiger partial charge in [-0.2, -0.15) is 0 Å². The summed E-state index contributed by atoms with van der Waals surface area (Å²) >= 11 is 13.4. The molecule has 1 atom stereocenters. The molecule has 6 heteroatoms. The third-order valence-corrected chi connectivity index (χ3v) is 6.36. The molecule has 140 valence electrons. The molecule has 1 aliphatic rings. The minimum Gasteiger partial charge on any atom is -0.511 e. The molecule has 0 aromatic heterocycles. The van der Waals surface area contributed by atoms with Gasteiger partial charge in [0.1, 0.15) is 10.8 Å². The van der Waals surface area contributed by atoms with Crippen LogP contribution in [0.2, 0.25) is 10.0 Å². The zero-order valence-electron chi connectivity index (χ0n) is 14.8. The molecule has 0 fully saturated rings. The van der Waals surface area contributed by atoms with Crippen LogP contribution in [-0.4, -0.2) is 23.0 Å². The number of aliphatic imine (C=N–C) groups is 1. The summed E-state index contributed by atoms with van der Waals surface area (Å²) in [6.07, 6.45) is 0.813. The van der Waals surface area contributed by atoms with Gasteiger partial charge >= 0.3 is 0 Å². The van der Waals surface area contributed by atoms with Crippen molar-refractivity contribution >= 4 is 45.8 Å². The van der Waals surface area contributed by atoms with Crippen LogP contribution in [0, 0.1) is 0 Å². The average Bonchev–Trinajstić information content (AvgIpc) is 2.67. The van der Waals surface area contributed by atoms with Gasteiger partial charge in [0, 0.05) is 25.6 Å². The molecule has 0 amide bonds. The molecular weight excluding hydrogens is 401 g/mol. The SMILES string of the molecule is CN=C(SCc1ccc(Cl)c(Cl)c1)C1=C(O)CC(c2ccccc2)CC1=O. The number of rotatable bonds is 4. The standard InChI is InChI=1S/C21H19Cl2NO2S/c1-24-21(27-12-13-7-8-16(22)17(23)9-13)20-18(25)10-15(11-19(20)26)14-5-3-2-4-6-14/h2-9,15,25H,10-12H2,1H3. The van der Waals surface area contributed by atoms with Crippen molar-refractivity contribution < 1.29 is 9.90 Å². The Balaban J connectivity index is 1.76. The first-order valence-corrected chi connectivity index (χ1v) is 10.3. The molecule has 0 saturated heterocycles. The quantitative estimate of drug-likeness (QED) is 0.472. The van der Waals surface area contributed by atoms with Crippen molar-refractivity contribution in [1.29, 1.82) is 0 Å². The van der Waals surface area contributed by atoms with Crippen molar-refractivity contribution in [3.05, 3.63) is 81.0 Å². The zero-order chi connectivity index (χ0) is 19.4. The zero-order valence-corrected chi connectivity index (χ0v) is 17.1. The Labute approximate surface area is 173 Å². The minimum absolute atomic E-state index is 0.000581. The number of nitrogens with zero attached hydrogens (tertiary/aromatic N) is 1. The highest BCUT2D eigenvalue weighted by atomic mass is 35.5. The van der Waals surface area contributed by atoms with E-state index in [0.717, 1.165) is 11.1 Å². The number of halogens is 2. The maximum Gasteiger partial charge on any atom is 0.169 e. The highest BCUT2D eigenvalue weighted by Crippen LogP contribution is 2.36. The fraction of sp³-hybridized carbons (Fsp3) is 0.238. The van der Waals surface area contributed by atoms with E-state index in [1.54, 1.807) is 19.2 Å². The highest BCUT2D eigenvalue weighted by molar-refractivity contribution is 8.13. The van der Waals surface area contributed by atoms with E-state index in [1.165, 1.54) is 11.8 Å². The van der Waals surface area contributed by atoms with Crippen molar-refractivity contribution in [2.45, 2.75) is 24.5 Å². The fourth-order valence-corrected chi connectivity index (χ4v) is 4.44. The van der Waals surface area contributed by atoms with E-state index in [9.17, 15) is 9.90 Å². The Morgan fingerprint density at radius 3 is 2.52 bits per heavy atom. The fourth-order valence-electron chi connectivity index (χ4n) is 3.13. The van der Waals surface area contributed by atoms with Gasteiger partial charge in [0.25, 0.3) is 0 Å². The smallest absolute Gasteiger partial charge is 0.169 e. The molecule has 2 aromatic rings. The molecular formula is C21H19Cl2NO2S. The molecule has 0 radical (unpaired) electrons. The summed E-state index contributed by atoms with van der Waals surface area (Å²) < 4.78 is 0. The highest BCUT2D eigenvalue weighted by Gasteiger charge is 2.31. The first-order chi connectivity index (χ1) is 13.0. The van der Waals surface area contributed by atoms with Gasteiger partial charge in [0.2, 0.25) is 0 Å². The molecule has 0 saturated carbocycles. The van der Waals surface area contributed by atoms with Crippen LogP contribution >= 0.6 is 35.0 Å². The number of aliphatic hydroxyl groups is 1. The summed E-state index contributed by atoms with van der Waals surface area (Å²) in [5.41, 5.74) is 2.38. The molecule has 1 unspecified atom stereocenters. The van der Waals surface area contributed by atoms with E-state index >= 15 is 0 Å². The van der Waals surface area contributed by atoms with Gasteiger partial charge < -0.3 is 5.11 Å². The number of hydrogen-bond donors (Lipinski definition) is 1. The maximum atomic E-state index is 12.7. The second-order valence-electron chi connectivity index (χ2n) is 6.33. The summed E-state index contributed by atoms with van der Waals surface area (Å²) in [7, 11) is 1.63. The summed E-state index contributed by atoms with van der Waals surface area (Å²) in [5, 5.41) is 12.1. The average molecular weight is 420 g/mol. The lowest BCUT2D eigenvalue weighted by molar-refractivity contribution is -0.116. The number of ketones is 1. The Morgan fingerprint density at radius 2 is 1.89 bits per heavy atom. The lowest BCUT2D eigenvalue weighted by Crippen LogP contribution is -2.22. The Kier molecular flexibility index (Phi) is 6.64. The molecule has 0 heterocycles. The second kappa shape index (κ2) is 8.96. The van der Waals surface area contributed by atoms with Crippen molar-refractivity contribution in [2.75, 3.05) is 7.05 Å². The molecule has 1 aliphatic carbocycles. The third kappa shape index (κ3) is 4.75. The van der Waals surface area contributed by atoms with Gasteiger partial charge in [-0.15, -0.1) is 11.8 Å². The van der Waals surface area contributed by atoms with Gasteiger partial charge in [-0.3, -0.25) is 9.79 Å². The van der Waals surface area contributed by atoms with Crippen LogP contribution in [-0.2, 0) is 10.5 Å². The number of carbonyl (C=O) groups excluding carboxylic acids is 1. The Bertz CT molecular complexity index is 910. The molecule has 27 heavy (non-hydrogen) atoms. The number of thioether (sulfide) groups is 1. The van der Waals surface area contributed by atoms with Gasteiger partial charge in [-0.1, -0.05) is 59.6 Å². The minimum atomic E-state index is -0.0742. The van der Waals surface area contributed by atoms with Gasteiger partial charge in [-0.25, -0.2) is 0 Å². The van der Waals surface area contributed by atoms with Crippen LogP contribution in [0.3, 0.4) is 0 Å². The largest absolute Gasteiger partial charge is 0.511 e. The Morgan fingerprint density at radius 1 is 1.15 bits per heavy atom. The van der Waals surface area contributed by atoms with Crippen LogP contribution < -0.4 is 0 Å². The predicted molar refractivity (Wildman–Crippen MR) is 114 cm³/mol. The summed E-state index contributed by atoms with van der Waals surface area (Å²) in [6.45, 7) is 0. The molecule has 0 spiro atoms.